The first-order valence-electron chi connectivity index (χ1n) is 7.46. The number of ether oxygens (including phenoxy) is 2. The fourth-order valence-electron chi connectivity index (χ4n) is 2.44. The van der Waals surface area contributed by atoms with Gasteiger partial charge < -0.3 is 14.8 Å². The molecule has 0 bridgehead atoms. The van der Waals surface area contributed by atoms with Gasteiger partial charge in [0.15, 0.2) is 11.5 Å². The molecule has 0 aliphatic heterocycles. The SMILES string of the molecule is COc1cc(OC)cc(C(=O)NC(C)c2nnc3ccccn23)c1. The van der Waals surface area contributed by atoms with Crippen LogP contribution >= 0.6 is 0 Å². The normalized spacial score (nSPS) is 12.0. The lowest BCUT2D eigenvalue weighted by atomic mass is 10.1. The minimum atomic E-state index is -0.313. The quantitative estimate of drug-likeness (QED) is 0.778. The van der Waals surface area contributed by atoms with Gasteiger partial charge in [-0.2, -0.15) is 0 Å². The highest BCUT2D eigenvalue weighted by Gasteiger charge is 2.17. The molecular weight excluding hydrogens is 308 g/mol. The van der Waals surface area contributed by atoms with Crippen molar-refractivity contribution >= 4 is 11.6 Å². The smallest absolute Gasteiger partial charge is 0.252 e. The molecule has 2 heterocycles. The molecule has 0 saturated carbocycles. The van der Waals surface area contributed by atoms with E-state index in [-0.39, 0.29) is 11.9 Å². The average molecular weight is 326 g/mol. The molecule has 1 unspecified atom stereocenters. The maximum atomic E-state index is 12.5. The number of nitrogens with one attached hydrogen (secondary N) is 1. The van der Waals surface area contributed by atoms with Crippen LogP contribution in [0.4, 0.5) is 0 Å². The van der Waals surface area contributed by atoms with Crippen LogP contribution in [-0.2, 0) is 0 Å². The summed E-state index contributed by atoms with van der Waals surface area (Å²) in [7, 11) is 3.09. The lowest BCUT2D eigenvalue weighted by Crippen LogP contribution is -2.28. The van der Waals surface area contributed by atoms with Crippen LogP contribution in [0.2, 0.25) is 0 Å². The number of methoxy groups -OCH3 is 2. The Morgan fingerprint density at radius 2 is 1.83 bits per heavy atom. The second-order valence-electron chi connectivity index (χ2n) is 5.28. The molecule has 1 aromatic carbocycles. The van der Waals surface area contributed by atoms with E-state index in [4.69, 9.17) is 9.47 Å². The third-order valence-electron chi connectivity index (χ3n) is 3.69. The molecule has 0 saturated heterocycles. The molecule has 3 rings (SSSR count). The monoisotopic (exact) mass is 326 g/mol. The van der Waals surface area contributed by atoms with E-state index in [1.165, 1.54) is 0 Å². The number of hydrogen-bond donors (Lipinski definition) is 1. The van der Waals surface area contributed by atoms with E-state index in [1.54, 1.807) is 32.4 Å². The zero-order valence-electron chi connectivity index (χ0n) is 13.7. The van der Waals surface area contributed by atoms with Crippen LogP contribution in [0.1, 0.15) is 29.1 Å². The maximum Gasteiger partial charge on any atom is 0.252 e. The predicted octanol–water partition coefficient (Wildman–Crippen LogP) is 2.24. The van der Waals surface area contributed by atoms with Crippen molar-refractivity contribution in [2.24, 2.45) is 0 Å². The molecule has 24 heavy (non-hydrogen) atoms. The second-order valence-corrected chi connectivity index (χ2v) is 5.28. The molecule has 124 valence electrons. The van der Waals surface area contributed by atoms with Gasteiger partial charge in [0.05, 0.1) is 20.3 Å². The molecule has 3 aromatic rings. The van der Waals surface area contributed by atoms with E-state index >= 15 is 0 Å². The standard InChI is InChI=1S/C17H18N4O3/c1-11(16-20-19-15-6-4-5-7-21(15)16)18-17(22)12-8-13(23-2)10-14(9-12)24-3/h4-11H,1-3H3,(H,18,22). The van der Waals surface area contributed by atoms with Crippen molar-refractivity contribution in [3.8, 4) is 11.5 Å². The van der Waals surface area contributed by atoms with Gasteiger partial charge in [0.2, 0.25) is 0 Å². The summed E-state index contributed by atoms with van der Waals surface area (Å²) >= 11 is 0. The number of amides is 1. The number of rotatable bonds is 5. The highest BCUT2D eigenvalue weighted by molar-refractivity contribution is 5.95. The van der Waals surface area contributed by atoms with E-state index < -0.39 is 0 Å². The van der Waals surface area contributed by atoms with Gasteiger partial charge >= 0.3 is 0 Å². The first kappa shape index (κ1) is 15.8. The molecule has 0 fully saturated rings. The van der Waals surface area contributed by atoms with E-state index in [0.717, 1.165) is 5.65 Å². The lowest BCUT2D eigenvalue weighted by Gasteiger charge is -2.13. The number of benzene rings is 1. The molecule has 0 radical (unpaired) electrons. The third kappa shape index (κ3) is 3.01. The van der Waals surface area contributed by atoms with Gasteiger partial charge in [-0.05, 0) is 31.2 Å². The summed E-state index contributed by atoms with van der Waals surface area (Å²) < 4.78 is 12.2. The number of carbonyl (C=O) groups is 1. The third-order valence-corrected chi connectivity index (χ3v) is 3.69. The van der Waals surface area contributed by atoms with Gasteiger partial charge in [-0.15, -0.1) is 10.2 Å². The van der Waals surface area contributed by atoms with Gasteiger partial charge in [0, 0.05) is 17.8 Å². The summed E-state index contributed by atoms with van der Waals surface area (Å²) in [6, 6.07) is 10.4. The van der Waals surface area contributed by atoms with Gasteiger partial charge in [-0.25, -0.2) is 0 Å². The minimum Gasteiger partial charge on any atom is -0.497 e. The summed E-state index contributed by atoms with van der Waals surface area (Å²) in [5.41, 5.74) is 1.18. The average Bonchev–Trinajstić information content (AvgIpc) is 3.05. The highest BCUT2D eigenvalue weighted by Crippen LogP contribution is 2.23. The Hall–Kier alpha value is -3.09. The van der Waals surface area contributed by atoms with Crippen molar-refractivity contribution in [1.29, 1.82) is 0 Å². The highest BCUT2D eigenvalue weighted by atomic mass is 16.5. The van der Waals surface area contributed by atoms with E-state index in [0.29, 0.717) is 22.9 Å². The molecule has 1 atom stereocenters. The zero-order valence-corrected chi connectivity index (χ0v) is 13.7. The first-order valence-corrected chi connectivity index (χ1v) is 7.46. The van der Waals surface area contributed by atoms with Crippen molar-refractivity contribution in [2.75, 3.05) is 14.2 Å². The summed E-state index contributed by atoms with van der Waals surface area (Å²) in [6.07, 6.45) is 1.86. The Labute approximate surface area is 139 Å². The Morgan fingerprint density at radius 3 is 2.50 bits per heavy atom. The summed E-state index contributed by atoms with van der Waals surface area (Å²) in [5, 5.41) is 11.2. The Balaban J connectivity index is 1.84. The summed E-state index contributed by atoms with van der Waals surface area (Å²) in [6.45, 7) is 1.86. The van der Waals surface area contributed by atoms with Crippen LogP contribution in [0.3, 0.4) is 0 Å². The molecule has 0 aliphatic rings. The largest absolute Gasteiger partial charge is 0.497 e. The van der Waals surface area contributed by atoms with Crippen molar-refractivity contribution in [2.45, 2.75) is 13.0 Å². The van der Waals surface area contributed by atoms with Gasteiger partial charge in [-0.1, -0.05) is 6.07 Å². The van der Waals surface area contributed by atoms with Gasteiger partial charge in [0.1, 0.15) is 11.5 Å². The van der Waals surface area contributed by atoms with E-state index in [2.05, 4.69) is 15.5 Å². The van der Waals surface area contributed by atoms with E-state index in [9.17, 15) is 4.79 Å². The molecule has 1 amide bonds. The van der Waals surface area contributed by atoms with Crippen LogP contribution in [0, 0.1) is 0 Å². The molecule has 1 N–H and O–H groups in total. The molecule has 7 nitrogen and oxygen atoms in total. The summed E-state index contributed by atoms with van der Waals surface area (Å²) in [5.74, 6) is 1.53. The topological polar surface area (TPSA) is 77.8 Å². The fraction of sp³-hybridized carbons (Fsp3) is 0.235. The number of fused-ring (bicyclic) bond motifs is 1. The fourth-order valence-corrected chi connectivity index (χ4v) is 2.44. The van der Waals surface area contributed by atoms with Crippen LogP contribution < -0.4 is 14.8 Å². The Kier molecular flexibility index (Phi) is 4.33. The molecule has 0 aliphatic carbocycles. The number of carbonyl (C=O) groups excluding carboxylic acids is 1. The number of aromatic nitrogens is 3. The molecule has 2 aromatic heterocycles. The lowest BCUT2D eigenvalue weighted by molar-refractivity contribution is 0.0937. The first-order chi connectivity index (χ1) is 11.6. The van der Waals surface area contributed by atoms with Crippen LogP contribution in [0.25, 0.3) is 5.65 Å². The summed E-state index contributed by atoms with van der Waals surface area (Å²) in [4.78, 5) is 12.5. The number of pyridine rings is 1. The van der Waals surface area contributed by atoms with Gasteiger partial charge in [-0.3, -0.25) is 9.20 Å². The van der Waals surface area contributed by atoms with Gasteiger partial charge in [0.25, 0.3) is 5.91 Å². The Morgan fingerprint density at radius 1 is 1.12 bits per heavy atom. The number of nitrogens with zero attached hydrogens (tertiary/aromatic N) is 3. The van der Waals surface area contributed by atoms with E-state index in [1.807, 2.05) is 35.7 Å². The molecule has 7 heteroatoms. The number of hydrogen-bond acceptors (Lipinski definition) is 5. The van der Waals surface area contributed by atoms with Crippen molar-refractivity contribution in [3.63, 3.8) is 0 Å². The Bertz CT molecular complexity index is 853. The van der Waals surface area contributed by atoms with Crippen LogP contribution in [0.15, 0.2) is 42.6 Å². The maximum absolute atomic E-state index is 12.5. The van der Waals surface area contributed by atoms with Crippen molar-refractivity contribution in [1.82, 2.24) is 19.9 Å². The molecule has 0 spiro atoms. The van der Waals surface area contributed by atoms with Crippen LogP contribution in [-0.4, -0.2) is 34.7 Å². The second kappa shape index (κ2) is 6.57. The zero-order chi connectivity index (χ0) is 17.1. The van der Waals surface area contributed by atoms with Crippen molar-refractivity contribution in [3.05, 3.63) is 54.0 Å². The van der Waals surface area contributed by atoms with Crippen molar-refractivity contribution < 1.29 is 14.3 Å². The molecular formula is C17H18N4O3. The predicted molar refractivity (Wildman–Crippen MR) is 88.4 cm³/mol. The minimum absolute atomic E-state index is 0.243. The van der Waals surface area contributed by atoms with Crippen LogP contribution in [0.5, 0.6) is 11.5 Å².